The summed E-state index contributed by atoms with van der Waals surface area (Å²) in [6, 6.07) is 3.27. The first-order chi connectivity index (χ1) is 14.6. The van der Waals surface area contributed by atoms with Gasteiger partial charge in [0.25, 0.3) is 5.91 Å². The second-order valence-corrected chi connectivity index (χ2v) is 8.82. The third kappa shape index (κ3) is 3.75. The molecule has 0 saturated carbocycles. The molecule has 2 atom stereocenters. The molecule has 1 saturated heterocycles. The predicted octanol–water partition coefficient (Wildman–Crippen LogP) is 1.94. The van der Waals surface area contributed by atoms with Gasteiger partial charge in [-0.05, 0) is 12.1 Å². The third-order valence-electron chi connectivity index (χ3n) is 4.81. The molecule has 0 spiro atoms. The van der Waals surface area contributed by atoms with Crippen LogP contribution in [0.5, 0.6) is 0 Å². The maximum atomic E-state index is 13.6. The number of aromatic nitrogens is 2. The van der Waals surface area contributed by atoms with Crippen molar-refractivity contribution in [2.24, 2.45) is 0 Å². The van der Waals surface area contributed by atoms with E-state index in [1.54, 1.807) is 0 Å². The second-order valence-electron chi connectivity index (χ2n) is 6.88. The lowest BCUT2D eigenvalue weighted by Gasteiger charge is -2.16. The molecule has 2 heterocycles. The molecule has 1 aliphatic heterocycles. The van der Waals surface area contributed by atoms with Crippen LogP contribution in [0.1, 0.15) is 10.4 Å². The number of sulfonamides is 1. The van der Waals surface area contributed by atoms with Gasteiger partial charge in [0.2, 0.25) is 10.0 Å². The highest BCUT2D eigenvalue weighted by atomic mass is 32.2. The van der Waals surface area contributed by atoms with Gasteiger partial charge in [0.05, 0.1) is 27.8 Å². The van der Waals surface area contributed by atoms with Crippen LogP contribution in [0.25, 0.3) is 11.0 Å². The van der Waals surface area contributed by atoms with E-state index in [0.29, 0.717) is 12.1 Å². The Bertz CT molecular complexity index is 1260. The number of aliphatic hydroxyl groups is 1. The molecule has 0 bridgehead atoms. The van der Waals surface area contributed by atoms with Gasteiger partial charge in [-0.2, -0.15) is 4.31 Å². The molecule has 13 heteroatoms. The number of fused-ring (bicyclic) bond motifs is 1. The van der Waals surface area contributed by atoms with Crippen molar-refractivity contribution in [3.63, 3.8) is 0 Å². The molecule has 4 rings (SSSR count). The molecule has 2 aromatic carbocycles. The molecule has 1 aromatic heterocycles. The lowest BCUT2D eigenvalue weighted by Crippen LogP contribution is -2.30. The number of carbonyl (C=O) groups excluding carboxylic acids is 1. The molecule has 31 heavy (non-hydrogen) atoms. The average molecular weight is 458 g/mol. The van der Waals surface area contributed by atoms with Gasteiger partial charge in [-0.15, -0.1) is 0 Å². The fourth-order valence-electron chi connectivity index (χ4n) is 3.23. The molecule has 164 valence electrons. The number of halogens is 4. The van der Waals surface area contributed by atoms with E-state index in [1.165, 1.54) is 6.33 Å². The van der Waals surface area contributed by atoms with Gasteiger partial charge >= 0.3 is 0 Å². The largest absolute Gasteiger partial charge is 0.389 e. The standard InChI is InChI=1S/C18H14F4N4O4S/c19-11-1-8(2-12(20)16(11)22)25-18(28)10-3-9(4-14-17(10)24-7-23-14)31(29,30)26-5-13(21)15(27)6-26/h1-4,7,13,15,27H,5-6H2,(H,23,24)(H,25,28). The van der Waals surface area contributed by atoms with E-state index in [0.717, 1.165) is 16.4 Å². The molecule has 2 unspecified atom stereocenters. The summed E-state index contributed by atoms with van der Waals surface area (Å²) in [5.74, 6) is -5.71. The van der Waals surface area contributed by atoms with E-state index in [2.05, 4.69) is 15.3 Å². The number of nitrogens with one attached hydrogen (secondary N) is 2. The number of amides is 1. The van der Waals surface area contributed by atoms with E-state index in [1.807, 2.05) is 0 Å². The number of aromatic amines is 1. The number of hydrogen-bond donors (Lipinski definition) is 3. The lowest BCUT2D eigenvalue weighted by molar-refractivity contribution is 0.102. The van der Waals surface area contributed by atoms with Crippen LogP contribution in [0, 0.1) is 17.5 Å². The second kappa shape index (κ2) is 7.59. The van der Waals surface area contributed by atoms with Crippen LogP contribution in [-0.4, -0.2) is 59.1 Å². The molecule has 1 aliphatic rings. The van der Waals surface area contributed by atoms with Crippen LogP contribution in [-0.2, 0) is 10.0 Å². The van der Waals surface area contributed by atoms with Crippen molar-refractivity contribution in [1.82, 2.24) is 14.3 Å². The Morgan fingerprint density at radius 3 is 2.45 bits per heavy atom. The highest BCUT2D eigenvalue weighted by Gasteiger charge is 2.39. The number of H-pyrrole nitrogens is 1. The van der Waals surface area contributed by atoms with E-state index >= 15 is 0 Å². The van der Waals surface area contributed by atoms with Crippen LogP contribution in [0.15, 0.2) is 35.5 Å². The van der Waals surface area contributed by atoms with Crippen molar-refractivity contribution >= 4 is 32.7 Å². The number of hydrogen-bond acceptors (Lipinski definition) is 5. The first-order valence-electron chi connectivity index (χ1n) is 8.83. The van der Waals surface area contributed by atoms with Gasteiger partial charge in [0, 0.05) is 30.9 Å². The first kappa shape index (κ1) is 21.2. The Morgan fingerprint density at radius 2 is 1.84 bits per heavy atom. The summed E-state index contributed by atoms with van der Waals surface area (Å²) in [6.07, 6.45) is -2.03. The molecule has 8 nitrogen and oxygen atoms in total. The minimum atomic E-state index is -4.29. The highest BCUT2D eigenvalue weighted by molar-refractivity contribution is 7.89. The SMILES string of the molecule is O=C(Nc1cc(F)c(F)c(F)c1)c1cc(S(=O)(=O)N2CC(O)C(F)C2)cc2nc[nH]c12. The van der Waals surface area contributed by atoms with Crippen LogP contribution in [0.2, 0.25) is 0 Å². The number of nitrogens with zero attached hydrogens (tertiary/aromatic N) is 2. The smallest absolute Gasteiger partial charge is 0.257 e. The van der Waals surface area contributed by atoms with Crippen LogP contribution < -0.4 is 5.32 Å². The number of carbonyl (C=O) groups is 1. The van der Waals surface area contributed by atoms with Crippen molar-refractivity contribution in [3.05, 3.63) is 53.6 Å². The van der Waals surface area contributed by atoms with Gasteiger partial charge in [-0.3, -0.25) is 4.79 Å². The van der Waals surface area contributed by atoms with Gasteiger partial charge in [0.15, 0.2) is 17.5 Å². The van der Waals surface area contributed by atoms with Crippen molar-refractivity contribution in [2.45, 2.75) is 17.2 Å². The Hall–Kier alpha value is -3.03. The minimum absolute atomic E-state index is 0.0826. The van der Waals surface area contributed by atoms with E-state index < -0.39 is 69.3 Å². The lowest BCUT2D eigenvalue weighted by atomic mass is 10.1. The number of alkyl halides is 1. The Labute approximate surface area is 172 Å². The highest BCUT2D eigenvalue weighted by Crippen LogP contribution is 2.28. The number of rotatable bonds is 4. The molecular formula is C18H14F4N4O4S. The predicted molar refractivity (Wildman–Crippen MR) is 100 cm³/mol. The normalized spacial score (nSPS) is 19.8. The van der Waals surface area contributed by atoms with Crippen molar-refractivity contribution in [1.29, 1.82) is 0 Å². The van der Waals surface area contributed by atoms with Gasteiger partial charge < -0.3 is 15.4 Å². The molecular weight excluding hydrogens is 444 g/mol. The molecule has 0 aliphatic carbocycles. The zero-order valence-electron chi connectivity index (χ0n) is 15.4. The number of β-amino-alcohol motifs (C(OH)–C–C–N with tert-alkyl or cyclic N) is 1. The minimum Gasteiger partial charge on any atom is -0.389 e. The summed E-state index contributed by atoms with van der Waals surface area (Å²) < 4.78 is 80.2. The Morgan fingerprint density at radius 1 is 1.16 bits per heavy atom. The molecule has 3 aromatic rings. The zero-order chi connectivity index (χ0) is 22.5. The van der Waals surface area contributed by atoms with Gasteiger partial charge in [0.1, 0.15) is 12.3 Å². The fourth-order valence-corrected chi connectivity index (χ4v) is 4.75. The van der Waals surface area contributed by atoms with Gasteiger partial charge in [-0.1, -0.05) is 0 Å². The molecule has 0 radical (unpaired) electrons. The topological polar surface area (TPSA) is 115 Å². The summed E-state index contributed by atoms with van der Waals surface area (Å²) in [5.41, 5.74) is -0.427. The van der Waals surface area contributed by atoms with Crippen LogP contribution in [0.4, 0.5) is 23.2 Å². The van der Waals surface area contributed by atoms with Crippen LogP contribution in [0.3, 0.4) is 0 Å². The van der Waals surface area contributed by atoms with E-state index in [4.69, 9.17) is 0 Å². The zero-order valence-corrected chi connectivity index (χ0v) is 16.3. The van der Waals surface area contributed by atoms with Crippen LogP contribution >= 0.6 is 0 Å². The maximum Gasteiger partial charge on any atom is 0.257 e. The third-order valence-corrected chi connectivity index (χ3v) is 6.62. The number of aliphatic hydroxyl groups excluding tert-OH is 1. The Kier molecular flexibility index (Phi) is 5.19. The summed E-state index contributed by atoms with van der Waals surface area (Å²) >= 11 is 0. The summed E-state index contributed by atoms with van der Waals surface area (Å²) in [5, 5.41) is 11.7. The van der Waals surface area contributed by atoms with Crippen molar-refractivity contribution < 1.29 is 35.9 Å². The van der Waals surface area contributed by atoms with E-state index in [-0.39, 0.29) is 16.6 Å². The molecule has 3 N–H and O–H groups in total. The quantitative estimate of drug-likeness (QED) is 0.408. The summed E-state index contributed by atoms with van der Waals surface area (Å²) in [7, 11) is -4.29. The number of imidazole rings is 1. The summed E-state index contributed by atoms with van der Waals surface area (Å²) in [4.78, 5) is 18.9. The fraction of sp³-hybridized carbons (Fsp3) is 0.222. The molecule has 1 fully saturated rings. The number of benzene rings is 2. The Balaban J connectivity index is 1.73. The van der Waals surface area contributed by atoms with E-state index in [9.17, 15) is 35.9 Å². The number of anilines is 1. The van der Waals surface area contributed by atoms with Crippen molar-refractivity contribution in [3.8, 4) is 0 Å². The average Bonchev–Trinajstić information content (AvgIpc) is 3.32. The molecule has 1 amide bonds. The monoisotopic (exact) mass is 458 g/mol. The maximum absolute atomic E-state index is 13.6. The summed E-state index contributed by atoms with van der Waals surface area (Å²) in [6.45, 7) is -1.02. The first-order valence-corrected chi connectivity index (χ1v) is 10.3. The van der Waals surface area contributed by atoms with Gasteiger partial charge in [-0.25, -0.2) is 31.0 Å². The van der Waals surface area contributed by atoms with Crippen molar-refractivity contribution in [2.75, 3.05) is 18.4 Å².